The van der Waals surface area contributed by atoms with Crippen LogP contribution in [0.4, 0.5) is 0 Å². The molecule has 2 saturated carbocycles. The van der Waals surface area contributed by atoms with Crippen LogP contribution in [0.2, 0.25) is 0 Å². The lowest BCUT2D eigenvalue weighted by Crippen LogP contribution is -2.39. The average Bonchev–Trinajstić information content (AvgIpc) is 4.13. The van der Waals surface area contributed by atoms with Crippen molar-refractivity contribution in [3.05, 3.63) is 143 Å². The van der Waals surface area contributed by atoms with E-state index in [1.165, 1.54) is 205 Å². The van der Waals surface area contributed by atoms with Crippen molar-refractivity contribution in [3.8, 4) is 0 Å². The molecule has 4 heterocycles. The fourth-order valence-corrected chi connectivity index (χ4v) is 14.8. The lowest BCUT2D eigenvalue weighted by molar-refractivity contribution is 0.150. The van der Waals surface area contributed by atoms with Gasteiger partial charge in [0.2, 0.25) is 0 Å². The van der Waals surface area contributed by atoms with E-state index in [1.807, 2.05) is 0 Å². The molecule has 4 aromatic rings. The second-order valence-corrected chi connectivity index (χ2v) is 23.4. The summed E-state index contributed by atoms with van der Waals surface area (Å²) >= 11 is 0. The monoisotopic (exact) mass is 901 g/mol. The van der Waals surface area contributed by atoms with Gasteiger partial charge in [0, 0.05) is 64.2 Å². The Morgan fingerprint density at radius 3 is 1.43 bits per heavy atom. The molecule has 10 rings (SSSR count). The van der Waals surface area contributed by atoms with Crippen LogP contribution in [-0.4, -0.2) is 98.1 Å². The lowest BCUT2D eigenvalue weighted by atomic mass is 9.85. The van der Waals surface area contributed by atoms with E-state index in [-0.39, 0.29) is 0 Å². The van der Waals surface area contributed by atoms with Gasteiger partial charge in [-0.1, -0.05) is 147 Å². The van der Waals surface area contributed by atoms with Gasteiger partial charge in [0.15, 0.2) is 0 Å². The minimum atomic E-state index is 0.659. The molecule has 360 valence electrons. The Labute approximate surface area is 408 Å². The Morgan fingerprint density at radius 2 is 0.866 bits per heavy atom. The van der Waals surface area contributed by atoms with E-state index in [0.29, 0.717) is 11.8 Å². The summed E-state index contributed by atoms with van der Waals surface area (Å²) in [6.45, 7) is 15.5. The summed E-state index contributed by atoms with van der Waals surface area (Å²) in [5.74, 6) is 7.12. The van der Waals surface area contributed by atoms with E-state index in [0.717, 1.165) is 41.4 Å². The van der Waals surface area contributed by atoms with Gasteiger partial charge in [-0.15, -0.1) is 0 Å². The highest BCUT2D eigenvalue weighted by Gasteiger charge is 2.39. The standard InChI is InChI=1S/C63H88N4/c1-5-16-50(17-6-1)22-13-24-52-32-36-64(37-33-52)44-60-46-67(48-62(60)56-26-11-4-12-27-56)43-55-30-31-58(40-55)57-28-15-29-59(41-57)63-49-66(42-54-20-9-3-10-21-54)47-61(63)45-65-38-34-53(35-39-65)25-14-23-51-18-7-2-8-19-51/h1-2,4-8,11-12,15-19,26-29,41,52-55,58,60-63H,3,9-10,13-14,20-25,30-40,42-49H2/t55?,58?,60?,61-,62?,63?/m0/s1. The van der Waals surface area contributed by atoms with Gasteiger partial charge in [-0.05, 0) is 179 Å². The number of hydrogen-bond acceptors (Lipinski definition) is 4. The van der Waals surface area contributed by atoms with Crippen LogP contribution in [0.1, 0.15) is 148 Å². The molecule has 4 aliphatic heterocycles. The van der Waals surface area contributed by atoms with Crippen LogP contribution in [0.5, 0.6) is 0 Å². The van der Waals surface area contributed by atoms with Crippen molar-refractivity contribution in [1.82, 2.24) is 19.6 Å². The van der Waals surface area contributed by atoms with E-state index < -0.39 is 0 Å². The summed E-state index contributed by atoms with van der Waals surface area (Å²) in [5.41, 5.74) is 7.92. The number of benzene rings is 4. The van der Waals surface area contributed by atoms with Crippen molar-refractivity contribution in [1.29, 1.82) is 0 Å². The largest absolute Gasteiger partial charge is 0.303 e. The molecule has 0 aromatic heterocycles. The second-order valence-electron chi connectivity index (χ2n) is 23.4. The number of aryl methyl sites for hydroxylation is 2. The average molecular weight is 901 g/mol. The number of piperidine rings is 2. The van der Waals surface area contributed by atoms with Crippen LogP contribution in [0.15, 0.2) is 115 Å². The van der Waals surface area contributed by atoms with E-state index in [4.69, 9.17) is 0 Å². The van der Waals surface area contributed by atoms with Gasteiger partial charge in [0.1, 0.15) is 0 Å². The first-order valence-electron chi connectivity index (χ1n) is 28.3. The summed E-state index contributed by atoms with van der Waals surface area (Å²) in [4.78, 5) is 11.6. The SMILES string of the molecule is c1ccc(CCCC2CCN(CC3CN(CC4CCC(c5cccc(C6CN(CC7CCCCC7)C[C@@H]6CN6CCC(CCCc7ccccc7)CC6)c5)C4)CC3c3ccccc3)CC2)cc1. The molecule has 4 aromatic carbocycles. The summed E-state index contributed by atoms with van der Waals surface area (Å²) in [6.07, 6.45) is 25.0. The smallest absolute Gasteiger partial charge is 0.00542 e. The summed E-state index contributed by atoms with van der Waals surface area (Å²) in [6, 6.07) is 44.2. The summed E-state index contributed by atoms with van der Waals surface area (Å²) in [5, 5.41) is 0. The molecular weight excluding hydrogens is 813 g/mol. The van der Waals surface area contributed by atoms with Crippen LogP contribution in [0.3, 0.4) is 0 Å². The Kier molecular flexibility index (Phi) is 17.0. The maximum Gasteiger partial charge on any atom is 0.00542 e. The van der Waals surface area contributed by atoms with Gasteiger partial charge >= 0.3 is 0 Å². The maximum atomic E-state index is 2.93. The van der Waals surface area contributed by atoms with Crippen LogP contribution in [-0.2, 0) is 12.8 Å². The molecule has 2 aliphatic carbocycles. The fraction of sp³-hybridized carbons (Fsp3) is 0.619. The van der Waals surface area contributed by atoms with Gasteiger partial charge in [-0.3, -0.25) is 0 Å². The van der Waals surface area contributed by atoms with Crippen LogP contribution < -0.4 is 0 Å². The van der Waals surface area contributed by atoms with Crippen molar-refractivity contribution in [2.24, 2.45) is 35.5 Å². The molecule has 0 N–H and O–H groups in total. The minimum absolute atomic E-state index is 0.659. The van der Waals surface area contributed by atoms with Crippen molar-refractivity contribution < 1.29 is 0 Å². The molecule has 6 atom stereocenters. The first-order chi connectivity index (χ1) is 33.1. The van der Waals surface area contributed by atoms with Gasteiger partial charge in [-0.25, -0.2) is 0 Å². The molecule has 0 spiro atoms. The Morgan fingerprint density at radius 1 is 0.373 bits per heavy atom. The zero-order valence-corrected chi connectivity index (χ0v) is 41.7. The van der Waals surface area contributed by atoms with Gasteiger partial charge in [0.05, 0.1) is 0 Å². The minimum Gasteiger partial charge on any atom is -0.303 e. The fourth-order valence-electron chi connectivity index (χ4n) is 14.8. The van der Waals surface area contributed by atoms with E-state index in [1.54, 1.807) is 16.7 Å². The zero-order chi connectivity index (χ0) is 45.0. The first kappa shape index (κ1) is 47.4. The third-order valence-corrected chi connectivity index (χ3v) is 18.6. The molecule has 4 heteroatoms. The summed E-state index contributed by atoms with van der Waals surface area (Å²) in [7, 11) is 0. The second kappa shape index (κ2) is 24.0. The predicted octanol–water partition coefficient (Wildman–Crippen LogP) is 13.4. The molecule has 0 bridgehead atoms. The van der Waals surface area contributed by atoms with Crippen molar-refractivity contribution in [3.63, 3.8) is 0 Å². The number of hydrogen-bond donors (Lipinski definition) is 0. The normalized spacial score (nSPS) is 27.9. The Hall–Kier alpha value is -3.28. The molecule has 4 saturated heterocycles. The predicted molar refractivity (Wildman–Crippen MR) is 282 cm³/mol. The molecular formula is C63H88N4. The molecule has 67 heavy (non-hydrogen) atoms. The van der Waals surface area contributed by atoms with Crippen molar-refractivity contribution in [2.45, 2.75) is 133 Å². The van der Waals surface area contributed by atoms with Crippen LogP contribution >= 0.6 is 0 Å². The van der Waals surface area contributed by atoms with E-state index in [9.17, 15) is 0 Å². The third-order valence-electron chi connectivity index (χ3n) is 18.6. The molecule has 4 nitrogen and oxygen atoms in total. The van der Waals surface area contributed by atoms with Crippen LogP contribution in [0.25, 0.3) is 0 Å². The summed E-state index contributed by atoms with van der Waals surface area (Å²) < 4.78 is 0. The number of likely N-dealkylation sites (tertiary alicyclic amines) is 4. The quantitative estimate of drug-likeness (QED) is 0.0929. The topological polar surface area (TPSA) is 13.0 Å². The lowest BCUT2D eigenvalue weighted by Gasteiger charge is -2.35. The Balaban J connectivity index is 0.724. The highest BCUT2D eigenvalue weighted by Crippen LogP contribution is 2.43. The van der Waals surface area contributed by atoms with E-state index in [2.05, 4.69) is 135 Å². The molecule has 6 fully saturated rings. The highest BCUT2D eigenvalue weighted by molar-refractivity contribution is 5.32. The van der Waals surface area contributed by atoms with Gasteiger partial charge < -0.3 is 19.6 Å². The zero-order valence-electron chi connectivity index (χ0n) is 41.7. The van der Waals surface area contributed by atoms with E-state index >= 15 is 0 Å². The van der Waals surface area contributed by atoms with Crippen LogP contribution in [0, 0.1) is 35.5 Å². The number of nitrogens with zero attached hydrogens (tertiary/aromatic N) is 4. The highest BCUT2D eigenvalue weighted by atomic mass is 15.2. The number of rotatable bonds is 19. The third kappa shape index (κ3) is 13.3. The Bertz CT molecular complexity index is 2010. The van der Waals surface area contributed by atoms with Crippen molar-refractivity contribution in [2.75, 3.05) is 78.5 Å². The molecule has 0 amide bonds. The van der Waals surface area contributed by atoms with Crippen molar-refractivity contribution >= 4 is 0 Å². The van der Waals surface area contributed by atoms with Gasteiger partial charge in [-0.2, -0.15) is 0 Å². The molecule has 0 radical (unpaired) electrons. The first-order valence-corrected chi connectivity index (χ1v) is 28.3. The van der Waals surface area contributed by atoms with Gasteiger partial charge in [0.25, 0.3) is 0 Å². The molecule has 6 aliphatic rings. The molecule has 5 unspecified atom stereocenters. The maximum absolute atomic E-state index is 2.93.